The smallest absolute Gasteiger partial charge is 0.322 e. The molecule has 0 aliphatic carbocycles. The molecule has 0 aromatic carbocycles. The SMILES string of the molecule is CC/C=C\C/C=C\C/C=C\C(CCCCCCCCC(=O)NCC(=O)O)OC(=O)CCCCCCCCCCCCCCCCCCCCCCCC. The lowest BCUT2D eigenvalue weighted by Gasteiger charge is -2.14. The number of nitrogens with one attached hydrogen (secondary N) is 1. The molecule has 0 heterocycles. The number of esters is 1. The Morgan fingerprint density at radius 2 is 0.906 bits per heavy atom. The maximum atomic E-state index is 12.7. The molecule has 0 radical (unpaired) electrons. The number of hydrogen-bond donors (Lipinski definition) is 2. The van der Waals surface area contributed by atoms with Crippen LogP contribution in [0.2, 0.25) is 0 Å². The van der Waals surface area contributed by atoms with Gasteiger partial charge in [0.05, 0.1) is 0 Å². The van der Waals surface area contributed by atoms with Crippen molar-refractivity contribution in [2.45, 2.75) is 238 Å². The number of aliphatic carboxylic acids is 1. The van der Waals surface area contributed by atoms with E-state index < -0.39 is 5.97 Å². The van der Waals surface area contributed by atoms with E-state index in [2.05, 4.69) is 55.6 Å². The van der Waals surface area contributed by atoms with Crippen LogP contribution in [0, 0.1) is 0 Å². The molecule has 0 bridgehead atoms. The maximum absolute atomic E-state index is 12.7. The van der Waals surface area contributed by atoms with Gasteiger partial charge in [0.2, 0.25) is 5.91 Å². The first kappa shape index (κ1) is 50.6. The van der Waals surface area contributed by atoms with Gasteiger partial charge in [0, 0.05) is 12.8 Å². The van der Waals surface area contributed by atoms with Gasteiger partial charge in [-0.2, -0.15) is 0 Å². The van der Waals surface area contributed by atoms with Gasteiger partial charge in [-0.15, -0.1) is 0 Å². The Kier molecular flexibility index (Phi) is 40.5. The summed E-state index contributed by atoms with van der Waals surface area (Å²) in [6, 6.07) is 0. The number of carbonyl (C=O) groups excluding carboxylic acids is 2. The Morgan fingerprint density at radius 3 is 1.36 bits per heavy atom. The second kappa shape index (κ2) is 42.4. The summed E-state index contributed by atoms with van der Waals surface area (Å²) in [6.45, 7) is 4.12. The highest BCUT2D eigenvalue weighted by molar-refractivity contribution is 5.80. The van der Waals surface area contributed by atoms with E-state index in [9.17, 15) is 14.4 Å². The van der Waals surface area contributed by atoms with Crippen molar-refractivity contribution in [3.8, 4) is 0 Å². The van der Waals surface area contributed by atoms with Gasteiger partial charge in [-0.05, 0) is 51.0 Å². The van der Waals surface area contributed by atoms with Crippen molar-refractivity contribution in [1.82, 2.24) is 5.32 Å². The average molecular weight is 744 g/mol. The van der Waals surface area contributed by atoms with Crippen molar-refractivity contribution in [2.24, 2.45) is 0 Å². The van der Waals surface area contributed by atoms with Gasteiger partial charge < -0.3 is 15.2 Å². The zero-order chi connectivity index (χ0) is 38.7. The molecule has 53 heavy (non-hydrogen) atoms. The topological polar surface area (TPSA) is 92.7 Å². The first-order valence-corrected chi connectivity index (χ1v) is 22.6. The first-order valence-electron chi connectivity index (χ1n) is 22.6. The predicted octanol–water partition coefficient (Wildman–Crippen LogP) is 14.1. The Morgan fingerprint density at radius 1 is 0.509 bits per heavy atom. The minimum atomic E-state index is -1.02. The van der Waals surface area contributed by atoms with E-state index in [1.54, 1.807) is 0 Å². The second-order valence-electron chi connectivity index (χ2n) is 15.3. The van der Waals surface area contributed by atoms with Crippen LogP contribution in [0.3, 0.4) is 0 Å². The quantitative estimate of drug-likeness (QED) is 0.0369. The number of carbonyl (C=O) groups is 3. The van der Waals surface area contributed by atoms with Gasteiger partial charge >= 0.3 is 11.9 Å². The lowest BCUT2D eigenvalue weighted by molar-refractivity contribution is -0.147. The molecule has 0 saturated heterocycles. The van der Waals surface area contributed by atoms with Crippen LogP contribution in [0.15, 0.2) is 36.5 Å². The van der Waals surface area contributed by atoms with E-state index in [0.717, 1.165) is 77.0 Å². The summed E-state index contributed by atoms with van der Waals surface area (Å²) in [4.78, 5) is 34.9. The van der Waals surface area contributed by atoms with E-state index in [-0.39, 0.29) is 24.5 Å². The number of allylic oxidation sites excluding steroid dienone is 5. The zero-order valence-corrected chi connectivity index (χ0v) is 34.9. The maximum Gasteiger partial charge on any atom is 0.322 e. The molecule has 308 valence electrons. The van der Waals surface area contributed by atoms with Crippen LogP contribution in [0.25, 0.3) is 0 Å². The third-order valence-corrected chi connectivity index (χ3v) is 10.1. The molecule has 0 saturated carbocycles. The highest BCUT2D eigenvalue weighted by atomic mass is 16.5. The van der Waals surface area contributed by atoms with Gasteiger partial charge in [0.15, 0.2) is 0 Å². The summed E-state index contributed by atoms with van der Waals surface area (Å²) in [6.07, 6.45) is 53.1. The number of carboxylic acids is 1. The average Bonchev–Trinajstić information content (AvgIpc) is 3.14. The minimum absolute atomic E-state index is 0.0748. The number of ether oxygens (including phenoxy) is 1. The van der Waals surface area contributed by atoms with Crippen molar-refractivity contribution in [2.75, 3.05) is 6.54 Å². The van der Waals surface area contributed by atoms with Gasteiger partial charge in [0.25, 0.3) is 0 Å². The Bertz CT molecular complexity index is 911. The fourth-order valence-corrected chi connectivity index (χ4v) is 6.74. The lowest BCUT2D eigenvalue weighted by Crippen LogP contribution is -2.28. The summed E-state index contributed by atoms with van der Waals surface area (Å²) in [5, 5.41) is 11.1. The molecule has 6 heteroatoms. The number of hydrogen-bond acceptors (Lipinski definition) is 4. The molecule has 0 rings (SSSR count). The largest absolute Gasteiger partial charge is 0.480 e. The highest BCUT2D eigenvalue weighted by Gasteiger charge is 2.11. The van der Waals surface area contributed by atoms with Crippen LogP contribution in [0.4, 0.5) is 0 Å². The third-order valence-electron chi connectivity index (χ3n) is 10.1. The van der Waals surface area contributed by atoms with Crippen LogP contribution in [0.5, 0.6) is 0 Å². The molecule has 6 nitrogen and oxygen atoms in total. The molecule has 2 N–H and O–H groups in total. The van der Waals surface area contributed by atoms with Crippen LogP contribution in [-0.2, 0) is 19.1 Å². The number of carboxylic acid groups (broad SMARTS) is 1. The van der Waals surface area contributed by atoms with Gasteiger partial charge in [-0.1, -0.05) is 205 Å². The Labute approximate surface area is 327 Å². The molecule has 1 atom stereocenters. The summed E-state index contributed by atoms with van der Waals surface area (Å²) < 4.78 is 5.92. The van der Waals surface area contributed by atoms with E-state index in [1.807, 2.05) is 0 Å². The van der Waals surface area contributed by atoms with Gasteiger partial charge in [-0.3, -0.25) is 14.4 Å². The number of amides is 1. The molecule has 1 amide bonds. The fraction of sp³-hybridized carbons (Fsp3) is 0.809. The summed E-state index contributed by atoms with van der Waals surface area (Å²) in [7, 11) is 0. The highest BCUT2D eigenvalue weighted by Crippen LogP contribution is 2.17. The lowest BCUT2D eigenvalue weighted by atomic mass is 10.0. The minimum Gasteiger partial charge on any atom is -0.480 e. The first-order chi connectivity index (χ1) is 26.0. The number of unbranched alkanes of at least 4 members (excludes halogenated alkanes) is 26. The fourth-order valence-electron chi connectivity index (χ4n) is 6.74. The zero-order valence-electron chi connectivity index (χ0n) is 34.9. The van der Waals surface area contributed by atoms with E-state index in [1.165, 1.54) is 128 Å². The molecular formula is C47H85NO5. The predicted molar refractivity (Wildman–Crippen MR) is 226 cm³/mol. The molecule has 0 aliphatic heterocycles. The van der Waals surface area contributed by atoms with Crippen LogP contribution < -0.4 is 5.32 Å². The van der Waals surface area contributed by atoms with Crippen molar-refractivity contribution in [3.63, 3.8) is 0 Å². The van der Waals surface area contributed by atoms with Crippen LogP contribution in [-0.4, -0.2) is 35.6 Å². The van der Waals surface area contributed by atoms with E-state index in [0.29, 0.717) is 12.8 Å². The van der Waals surface area contributed by atoms with Crippen LogP contribution in [0.1, 0.15) is 232 Å². The molecule has 0 aliphatic rings. The monoisotopic (exact) mass is 744 g/mol. The van der Waals surface area contributed by atoms with E-state index >= 15 is 0 Å². The summed E-state index contributed by atoms with van der Waals surface area (Å²) >= 11 is 0. The molecule has 1 unspecified atom stereocenters. The third kappa shape index (κ3) is 42.2. The normalized spacial score (nSPS) is 12.3. The molecule has 0 fully saturated rings. The second-order valence-corrected chi connectivity index (χ2v) is 15.3. The molecule has 0 aromatic heterocycles. The Balaban J connectivity index is 3.96. The standard InChI is InChI=1S/C47H85NO5/c1-3-5-7-9-11-13-14-15-16-17-18-19-20-21-22-23-24-25-26-28-34-38-42-47(52)53-44(39-35-31-27-12-10-8-6-4-2)40-36-32-29-30-33-37-41-45(49)48-43-46(50)51/h6,8,12,27,35,39,44H,3-5,7,9-11,13-26,28-34,36-38,40-43H2,1-2H3,(H,48,49)(H,50,51)/b8-6-,27-12-,39-35-. The van der Waals surface area contributed by atoms with E-state index in [4.69, 9.17) is 9.84 Å². The van der Waals surface area contributed by atoms with Gasteiger partial charge in [-0.25, -0.2) is 0 Å². The Hall–Kier alpha value is -2.37. The van der Waals surface area contributed by atoms with Crippen molar-refractivity contribution in [3.05, 3.63) is 36.5 Å². The van der Waals surface area contributed by atoms with Gasteiger partial charge in [0.1, 0.15) is 12.6 Å². The van der Waals surface area contributed by atoms with Crippen LogP contribution >= 0.6 is 0 Å². The van der Waals surface area contributed by atoms with Crippen molar-refractivity contribution in [1.29, 1.82) is 0 Å². The molecular weight excluding hydrogens is 659 g/mol. The van der Waals surface area contributed by atoms with Crippen molar-refractivity contribution >= 4 is 17.8 Å². The summed E-state index contributed by atoms with van der Waals surface area (Å²) in [5.74, 6) is -1.29. The van der Waals surface area contributed by atoms with Crippen molar-refractivity contribution < 1.29 is 24.2 Å². The number of rotatable bonds is 41. The summed E-state index contributed by atoms with van der Waals surface area (Å²) in [5.41, 5.74) is 0. The molecule has 0 spiro atoms. The molecule has 0 aromatic rings.